The van der Waals surface area contributed by atoms with E-state index < -0.39 is 32.6 Å². The van der Waals surface area contributed by atoms with Crippen LogP contribution in [0.3, 0.4) is 0 Å². The highest BCUT2D eigenvalue weighted by Crippen LogP contribution is 2.36. The number of likely N-dealkylation sites (tertiary alicyclic amines) is 1. The minimum atomic E-state index is -4.45. The largest absolute Gasteiger partial charge is 0.334 e. The van der Waals surface area contributed by atoms with Crippen LogP contribution in [0.2, 0.25) is 0 Å². The molecule has 10 heteroatoms. The van der Waals surface area contributed by atoms with Crippen LogP contribution in [-0.4, -0.2) is 50.6 Å². The number of sulfonamides is 2. The van der Waals surface area contributed by atoms with Gasteiger partial charge in [-0.1, -0.05) is 84.3 Å². The fourth-order valence-electron chi connectivity index (χ4n) is 4.60. The average Bonchev–Trinajstić information content (AvgIpc) is 3.21. The molecule has 0 bridgehead atoms. The molecule has 0 radical (unpaired) electrons. The van der Waals surface area contributed by atoms with Crippen molar-refractivity contribution in [3.63, 3.8) is 0 Å². The molecule has 37 heavy (non-hydrogen) atoms. The number of hydrogen-bond acceptors (Lipinski definition) is 5. The summed E-state index contributed by atoms with van der Waals surface area (Å²) in [6, 6.07) is 23.4. The Morgan fingerprint density at radius 3 is 1.78 bits per heavy atom. The summed E-state index contributed by atoms with van der Waals surface area (Å²) in [5.41, 5.74) is 0.596. The van der Waals surface area contributed by atoms with Gasteiger partial charge in [0.25, 0.3) is 20.0 Å². The lowest BCUT2D eigenvalue weighted by Gasteiger charge is -2.30. The smallest absolute Gasteiger partial charge is 0.317 e. The fourth-order valence-corrected chi connectivity index (χ4v) is 8.36. The molecule has 1 heterocycles. The van der Waals surface area contributed by atoms with Gasteiger partial charge in [-0.15, -0.1) is 0 Å². The maximum Gasteiger partial charge on any atom is 0.317 e. The predicted octanol–water partition coefficient (Wildman–Crippen LogP) is 4.08. The number of amides is 2. The number of carbonyl (C=O) groups excluding carboxylic acids is 1. The van der Waals surface area contributed by atoms with Gasteiger partial charge >= 0.3 is 6.03 Å². The molecule has 0 aliphatic carbocycles. The summed E-state index contributed by atoms with van der Waals surface area (Å²) < 4.78 is 55.4. The van der Waals surface area contributed by atoms with Gasteiger partial charge in [0.1, 0.15) is 0 Å². The van der Waals surface area contributed by atoms with E-state index in [0.29, 0.717) is 23.2 Å². The molecular weight excluding hydrogens is 510 g/mol. The van der Waals surface area contributed by atoms with E-state index in [4.69, 9.17) is 0 Å². The molecule has 2 amide bonds. The Labute approximate surface area is 219 Å². The number of nitrogens with one attached hydrogen (secondary N) is 1. The summed E-state index contributed by atoms with van der Waals surface area (Å²) >= 11 is 0. The van der Waals surface area contributed by atoms with Gasteiger partial charge in [-0.25, -0.2) is 21.6 Å². The van der Waals surface area contributed by atoms with Crippen LogP contribution in [-0.2, 0) is 26.6 Å². The highest BCUT2D eigenvalue weighted by atomic mass is 32.3. The molecule has 3 aromatic rings. The number of hydrogen-bond donors (Lipinski definition) is 1. The van der Waals surface area contributed by atoms with Crippen molar-refractivity contribution < 1.29 is 21.6 Å². The van der Waals surface area contributed by atoms with Crippen LogP contribution < -0.4 is 5.32 Å². The summed E-state index contributed by atoms with van der Waals surface area (Å²) in [6.07, 6.45) is 0.441. The SMILES string of the molecule is CC1(C)CC(CN(S(=O)(=O)c2ccccc2)S(=O)(=O)c2ccccc2)N(C(=O)NCc2ccccc2)C1. The Kier molecular flexibility index (Phi) is 7.72. The molecule has 0 saturated carbocycles. The highest BCUT2D eigenvalue weighted by Gasteiger charge is 2.45. The second-order valence-corrected chi connectivity index (χ2v) is 13.8. The monoisotopic (exact) mass is 541 g/mol. The van der Waals surface area contributed by atoms with Crippen molar-refractivity contribution in [1.82, 2.24) is 13.9 Å². The first kappa shape index (κ1) is 26.8. The molecule has 8 nitrogen and oxygen atoms in total. The normalized spacial score (nSPS) is 17.6. The number of nitrogens with zero attached hydrogens (tertiary/aromatic N) is 2. The molecule has 4 rings (SSSR count). The number of urea groups is 1. The van der Waals surface area contributed by atoms with Crippen LogP contribution >= 0.6 is 0 Å². The van der Waals surface area contributed by atoms with Gasteiger partial charge in [-0.05, 0) is 41.7 Å². The van der Waals surface area contributed by atoms with E-state index >= 15 is 0 Å². The first-order valence-corrected chi connectivity index (χ1v) is 14.9. The zero-order valence-electron chi connectivity index (χ0n) is 20.8. The van der Waals surface area contributed by atoms with Crippen molar-refractivity contribution in [2.75, 3.05) is 13.1 Å². The van der Waals surface area contributed by atoms with Gasteiger partial charge < -0.3 is 10.2 Å². The van der Waals surface area contributed by atoms with Crippen LogP contribution in [0.5, 0.6) is 0 Å². The first-order chi connectivity index (χ1) is 17.5. The fraction of sp³-hybridized carbons (Fsp3) is 0.296. The number of carbonyl (C=O) groups is 1. The summed E-state index contributed by atoms with van der Waals surface area (Å²) in [5.74, 6) is 0. The third-order valence-electron chi connectivity index (χ3n) is 6.35. The molecule has 0 spiro atoms. The molecule has 196 valence electrons. The Bertz CT molecular complexity index is 1360. The van der Waals surface area contributed by atoms with Crippen molar-refractivity contribution in [3.8, 4) is 0 Å². The Morgan fingerprint density at radius 2 is 1.30 bits per heavy atom. The molecule has 1 saturated heterocycles. The number of rotatable bonds is 8. The second kappa shape index (κ2) is 10.6. The van der Waals surface area contributed by atoms with Gasteiger partial charge in [0.2, 0.25) is 0 Å². The Balaban J connectivity index is 1.68. The van der Waals surface area contributed by atoms with Gasteiger partial charge in [0.15, 0.2) is 0 Å². The van der Waals surface area contributed by atoms with E-state index in [1.165, 1.54) is 24.3 Å². The zero-order valence-corrected chi connectivity index (χ0v) is 22.5. The van der Waals surface area contributed by atoms with Crippen LogP contribution in [0.4, 0.5) is 4.79 Å². The van der Waals surface area contributed by atoms with E-state index in [1.807, 2.05) is 44.2 Å². The maximum atomic E-state index is 13.7. The van der Waals surface area contributed by atoms with Crippen molar-refractivity contribution in [3.05, 3.63) is 96.6 Å². The summed E-state index contributed by atoms with van der Waals surface area (Å²) in [7, 11) is -8.90. The van der Waals surface area contributed by atoms with Gasteiger partial charge in [-0.2, -0.15) is 0 Å². The standard InChI is InChI=1S/C27H31N3O5S2/c1-27(2)18-23(29(21-27)26(31)28-19-22-12-6-3-7-13-22)20-30(36(32,33)24-14-8-4-9-15-24)37(34,35)25-16-10-5-11-17-25/h3-17,23H,18-21H2,1-2H3,(H,28,31). The van der Waals surface area contributed by atoms with Crippen molar-refractivity contribution in [2.24, 2.45) is 5.41 Å². The average molecular weight is 542 g/mol. The van der Waals surface area contributed by atoms with Gasteiger partial charge in [0.05, 0.1) is 16.3 Å². The molecule has 1 unspecified atom stereocenters. The van der Waals surface area contributed by atoms with E-state index in [9.17, 15) is 21.6 Å². The van der Waals surface area contributed by atoms with Crippen LogP contribution in [0.1, 0.15) is 25.8 Å². The quantitative estimate of drug-likeness (QED) is 0.463. The number of benzene rings is 3. The van der Waals surface area contributed by atoms with Crippen molar-refractivity contribution in [1.29, 1.82) is 0 Å². The van der Waals surface area contributed by atoms with Crippen molar-refractivity contribution in [2.45, 2.75) is 42.6 Å². The molecule has 1 fully saturated rings. The topological polar surface area (TPSA) is 104 Å². The summed E-state index contributed by atoms with van der Waals surface area (Å²) in [6.45, 7) is 4.23. The van der Waals surface area contributed by atoms with E-state index in [0.717, 1.165) is 5.56 Å². The highest BCUT2D eigenvalue weighted by molar-refractivity contribution is 8.04. The van der Waals surface area contributed by atoms with Crippen molar-refractivity contribution >= 4 is 26.1 Å². The molecule has 0 aromatic heterocycles. The predicted molar refractivity (Wildman–Crippen MR) is 142 cm³/mol. The third kappa shape index (κ3) is 6.03. The minimum Gasteiger partial charge on any atom is -0.334 e. The lowest BCUT2D eigenvalue weighted by molar-refractivity contribution is 0.186. The first-order valence-electron chi connectivity index (χ1n) is 12.0. The second-order valence-electron chi connectivity index (χ2n) is 9.89. The molecule has 1 atom stereocenters. The van der Waals surface area contributed by atoms with E-state index in [2.05, 4.69) is 5.32 Å². The molecule has 1 N–H and O–H groups in total. The lowest BCUT2D eigenvalue weighted by Crippen LogP contribution is -2.49. The molecule has 1 aliphatic rings. The maximum absolute atomic E-state index is 13.7. The molecule has 1 aliphatic heterocycles. The summed E-state index contributed by atoms with van der Waals surface area (Å²) in [5, 5.41) is 2.89. The summed E-state index contributed by atoms with van der Waals surface area (Å²) in [4.78, 5) is 14.5. The van der Waals surface area contributed by atoms with E-state index in [1.54, 1.807) is 41.3 Å². The Morgan fingerprint density at radius 1 is 0.838 bits per heavy atom. The zero-order chi connectivity index (χ0) is 26.7. The molecule has 3 aromatic carbocycles. The molecular formula is C27H31N3O5S2. The van der Waals surface area contributed by atoms with Crippen LogP contribution in [0.15, 0.2) is 101 Å². The van der Waals surface area contributed by atoms with Crippen LogP contribution in [0.25, 0.3) is 0 Å². The van der Waals surface area contributed by atoms with Crippen LogP contribution in [0, 0.1) is 5.41 Å². The Hall–Kier alpha value is -3.21. The van der Waals surface area contributed by atoms with E-state index in [-0.39, 0.29) is 21.2 Å². The van der Waals surface area contributed by atoms with Gasteiger partial charge in [-0.3, -0.25) is 0 Å². The lowest BCUT2D eigenvalue weighted by atomic mass is 9.91. The van der Waals surface area contributed by atoms with Gasteiger partial charge in [0, 0.05) is 19.1 Å². The minimum absolute atomic E-state index is 0.133. The third-order valence-corrected chi connectivity index (χ3v) is 10.6.